The van der Waals surface area contributed by atoms with E-state index in [-0.39, 0.29) is 24.5 Å². The fourth-order valence-corrected chi connectivity index (χ4v) is 4.80. The molecule has 0 aliphatic heterocycles. The fourth-order valence-electron chi connectivity index (χ4n) is 4.80. The second-order valence-electron chi connectivity index (χ2n) is 9.63. The molecule has 2 amide bonds. The van der Waals surface area contributed by atoms with Crippen molar-refractivity contribution in [1.82, 2.24) is 10.2 Å². The molecule has 2 aromatic carbocycles. The summed E-state index contributed by atoms with van der Waals surface area (Å²) in [5.41, 5.74) is 4.13. The third kappa shape index (κ3) is 7.23. The summed E-state index contributed by atoms with van der Waals surface area (Å²) >= 11 is 0. The van der Waals surface area contributed by atoms with E-state index >= 15 is 0 Å². The summed E-state index contributed by atoms with van der Waals surface area (Å²) in [7, 11) is 1.62. The maximum absolute atomic E-state index is 13.5. The van der Waals surface area contributed by atoms with Gasteiger partial charge >= 0.3 is 0 Å². The third-order valence-corrected chi connectivity index (χ3v) is 6.94. The molecule has 2 aromatic rings. The molecule has 0 saturated heterocycles. The van der Waals surface area contributed by atoms with Crippen molar-refractivity contribution in [1.29, 1.82) is 0 Å². The number of hydrogen-bond acceptors (Lipinski definition) is 4. The Morgan fingerprint density at radius 3 is 2.51 bits per heavy atom. The molecule has 6 nitrogen and oxygen atoms in total. The molecule has 0 unspecified atom stereocenters. The molecular formula is C29H40N2O4. The molecule has 1 fully saturated rings. The molecule has 1 aliphatic carbocycles. The van der Waals surface area contributed by atoms with Gasteiger partial charge < -0.3 is 19.7 Å². The van der Waals surface area contributed by atoms with E-state index in [1.165, 1.54) is 6.42 Å². The first-order valence-electron chi connectivity index (χ1n) is 12.8. The van der Waals surface area contributed by atoms with Crippen molar-refractivity contribution in [2.75, 3.05) is 13.7 Å². The summed E-state index contributed by atoms with van der Waals surface area (Å²) in [5, 5.41) is 3.21. The lowest BCUT2D eigenvalue weighted by atomic mass is 9.95. The lowest BCUT2D eigenvalue weighted by Gasteiger charge is -2.32. The molecule has 190 valence electrons. The van der Waals surface area contributed by atoms with Crippen LogP contribution >= 0.6 is 0 Å². The Balaban J connectivity index is 1.81. The van der Waals surface area contributed by atoms with E-state index in [2.05, 4.69) is 11.4 Å². The molecule has 0 aromatic heterocycles. The molecule has 1 saturated carbocycles. The largest absolute Gasteiger partial charge is 0.497 e. The second-order valence-corrected chi connectivity index (χ2v) is 9.63. The van der Waals surface area contributed by atoms with Gasteiger partial charge in [0.1, 0.15) is 17.5 Å². The van der Waals surface area contributed by atoms with Crippen molar-refractivity contribution >= 4 is 11.8 Å². The smallest absolute Gasteiger partial charge is 0.261 e. The van der Waals surface area contributed by atoms with Gasteiger partial charge in [0.05, 0.1) is 7.11 Å². The van der Waals surface area contributed by atoms with Gasteiger partial charge in [0.15, 0.2) is 6.61 Å². The number of carbonyl (C=O) groups is 2. The van der Waals surface area contributed by atoms with Crippen LogP contribution in [-0.2, 0) is 16.1 Å². The van der Waals surface area contributed by atoms with Crippen molar-refractivity contribution in [3.05, 3.63) is 58.7 Å². The van der Waals surface area contributed by atoms with Crippen molar-refractivity contribution in [2.24, 2.45) is 0 Å². The van der Waals surface area contributed by atoms with Crippen molar-refractivity contribution in [2.45, 2.75) is 84.8 Å². The van der Waals surface area contributed by atoms with Gasteiger partial charge in [-0.05, 0) is 80.5 Å². The van der Waals surface area contributed by atoms with E-state index in [4.69, 9.17) is 9.47 Å². The number of ether oxygens (including phenoxy) is 2. The number of rotatable bonds is 10. The van der Waals surface area contributed by atoms with Gasteiger partial charge in [-0.3, -0.25) is 9.59 Å². The van der Waals surface area contributed by atoms with Crippen LogP contribution in [0.1, 0.15) is 67.7 Å². The van der Waals surface area contributed by atoms with E-state index in [0.29, 0.717) is 18.7 Å². The molecule has 6 heteroatoms. The van der Waals surface area contributed by atoms with Gasteiger partial charge in [0.25, 0.3) is 5.91 Å². The van der Waals surface area contributed by atoms with E-state index in [0.717, 1.165) is 53.7 Å². The number of nitrogens with one attached hydrogen (secondary N) is 1. The first-order valence-corrected chi connectivity index (χ1v) is 12.8. The van der Waals surface area contributed by atoms with Crippen molar-refractivity contribution in [3.63, 3.8) is 0 Å². The second kappa shape index (κ2) is 12.6. The molecule has 1 N–H and O–H groups in total. The summed E-state index contributed by atoms with van der Waals surface area (Å²) in [4.78, 5) is 28.5. The van der Waals surface area contributed by atoms with Crippen LogP contribution in [0.15, 0.2) is 36.4 Å². The summed E-state index contributed by atoms with van der Waals surface area (Å²) in [6, 6.07) is 11.3. The summed E-state index contributed by atoms with van der Waals surface area (Å²) in [6.07, 6.45) is 6.02. The Morgan fingerprint density at radius 2 is 1.83 bits per heavy atom. The van der Waals surface area contributed by atoms with Gasteiger partial charge in [-0.2, -0.15) is 0 Å². The summed E-state index contributed by atoms with van der Waals surface area (Å²) in [6.45, 7) is 8.18. The highest BCUT2D eigenvalue weighted by molar-refractivity contribution is 5.88. The number of carbonyl (C=O) groups excluding carboxylic acids is 2. The summed E-state index contributed by atoms with van der Waals surface area (Å²) in [5.74, 6) is 1.13. The number of nitrogens with zero attached hydrogens (tertiary/aromatic N) is 1. The highest BCUT2D eigenvalue weighted by atomic mass is 16.5. The highest BCUT2D eigenvalue weighted by Crippen LogP contribution is 2.24. The third-order valence-electron chi connectivity index (χ3n) is 6.94. The standard InChI is InChI=1S/C29H40N2O4/c1-6-26(29(33)30-24-12-8-7-9-13-24)31(18-23-11-10-14-25(17-23)34-5)28(32)19-35-27-16-20(2)15-21(3)22(27)4/h10-11,14-17,24,26H,6-9,12-13,18-19H2,1-5H3,(H,30,33)/t26-/m1/s1. The number of benzene rings is 2. The molecule has 1 atom stereocenters. The number of methoxy groups -OCH3 is 1. The van der Waals surface area contributed by atoms with Crippen LogP contribution in [-0.4, -0.2) is 42.5 Å². The van der Waals surface area contributed by atoms with Crippen LogP contribution in [0.25, 0.3) is 0 Å². The summed E-state index contributed by atoms with van der Waals surface area (Å²) < 4.78 is 11.4. The first-order chi connectivity index (χ1) is 16.8. The lowest BCUT2D eigenvalue weighted by molar-refractivity contribution is -0.143. The monoisotopic (exact) mass is 480 g/mol. The zero-order valence-corrected chi connectivity index (χ0v) is 21.9. The zero-order valence-electron chi connectivity index (χ0n) is 21.9. The Kier molecular flexibility index (Phi) is 9.58. The minimum Gasteiger partial charge on any atom is -0.497 e. The quantitative estimate of drug-likeness (QED) is 0.504. The predicted octanol–water partition coefficient (Wildman–Crippen LogP) is 5.26. The maximum Gasteiger partial charge on any atom is 0.261 e. The molecule has 3 rings (SSSR count). The molecule has 0 bridgehead atoms. The molecule has 1 aliphatic rings. The normalized spacial score (nSPS) is 14.8. The van der Waals surface area contributed by atoms with E-state index in [9.17, 15) is 9.59 Å². The Labute approximate surface area is 210 Å². The van der Waals surface area contributed by atoms with Gasteiger partial charge in [-0.25, -0.2) is 0 Å². The van der Waals surface area contributed by atoms with Crippen molar-refractivity contribution in [3.8, 4) is 11.5 Å². The fraction of sp³-hybridized carbons (Fsp3) is 0.517. The average molecular weight is 481 g/mol. The van der Waals surface area contributed by atoms with Crippen LogP contribution in [0.3, 0.4) is 0 Å². The Bertz CT molecular complexity index is 1010. The number of aryl methyl sites for hydroxylation is 2. The van der Waals surface area contributed by atoms with E-state index in [1.54, 1.807) is 12.0 Å². The van der Waals surface area contributed by atoms with E-state index < -0.39 is 6.04 Å². The van der Waals surface area contributed by atoms with Gasteiger partial charge in [-0.15, -0.1) is 0 Å². The number of amides is 2. The number of hydrogen-bond donors (Lipinski definition) is 1. The Hall–Kier alpha value is -3.02. The van der Waals surface area contributed by atoms with Crippen LogP contribution in [0.4, 0.5) is 0 Å². The topological polar surface area (TPSA) is 67.9 Å². The Morgan fingerprint density at radius 1 is 1.09 bits per heavy atom. The molecule has 35 heavy (non-hydrogen) atoms. The molecule has 0 radical (unpaired) electrons. The maximum atomic E-state index is 13.5. The van der Waals surface area contributed by atoms with Gasteiger partial charge in [-0.1, -0.05) is 44.4 Å². The van der Waals surface area contributed by atoms with Gasteiger partial charge in [0, 0.05) is 12.6 Å². The minimum atomic E-state index is -0.570. The van der Waals surface area contributed by atoms with Crippen LogP contribution in [0, 0.1) is 20.8 Å². The SMILES string of the molecule is CC[C@H](C(=O)NC1CCCCC1)N(Cc1cccc(OC)c1)C(=O)COc1cc(C)cc(C)c1C. The van der Waals surface area contributed by atoms with Crippen molar-refractivity contribution < 1.29 is 19.1 Å². The predicted molar refractivity (Wildman–Crippen MR) is 139 cm³/mol. The lowest BCUT2D eigenvalue weighted by Crippen LogP contribution is -2.52. The van der Waals surface area contributed by atoms with Crippen LogP contribution < -0.4 is 14.8 Å². The zero-order chi connectivity index (χ0) is 25.4. The van der Waals surface area contributed by atoms with Gasteiger partial charge in [0.2, 0.25) is 5.91 Å². The first kappa shape index (κ1) is 26.6. The van der Waals surface area contributed by atoms with E-state index in [1.807, 2.05) is 58.0 Å². The average Bonchev–Trinajstić information content (AvgIpc) is 2.85. The van der Waals surface area contributed by atoms with Crippen LogP contribution in [0.2, 0.25) is 0 Å². The minimum absolute atomic E-state index is 0.0850. The molecule has 0 spiro atoms. The van der Waals surface area contributed by atoms with Crippen LogP contribution in [0.5, 0.6) is 11.5 Å². The highest BCUT2D eigenvalue weighted by Gasteiger charge is 2.30. The molecule has 0 heterocycles. The molecular weight excluding hydrogens is 440 g/mol.